The molecule has 1 saturated carbocycles. The van der Waals surface area contributed by atoms with Gasteiger partial charge in [0.25, 0.3) is 5.89 Å². The summed E-state index contributed by atoms with van der Waals surface area (Å²) in [5.74, 6) is 1.68. The second-order valence-corrected chi connectivity index (χ2v) is 5.81. The quantitative estimate of drug-likeness (QED) is 0.657. The number of halogens is 1. The molecule has 20 heavy (non-hydrogen) atoms. The Morgan fingerprint density at radius 1 is 1.15 bits per heavy atom. The number of rotatable bonds is 2. The maximum atomic E-state index is 6.00. The molecule has 106 valence electrons. The van der Waals surface area contributed by atoms with Crippen molar-refractivity contribution in [3.05, 3.63) is 29.0 Å². The Morgan fingerprint density at radius 2 is 1.90 bits per heavy atom. The minimum atomic E-state index is 0.412. The molecule has 5 heteroatoms. The maximum absolute atomic E-state index is 6.00. The maximum Gasteiger partial charge on any atom is 0.260 e. The Morgan fingerprint density at radius 3 is 2.65 bits per heavy atom. The van der Waals surface area contributed by atoms with Gasteiger partial charge < -0.3 is 10.3 Å². The van der Waals surface area contributed by atoms with Crippen molar-refractivity contribution in [2.75, 3.05) is 5.73 Å². The highest BCUT2D eigenvalue weighted by Gasteiger charge is 2.21. The lowest BCUT2D eigenvalue weighted by molar-refractivity contribution is 0.410. The molecule has 2 aromatic rings. The van der Waals surface area contributed by atoms with Gasteiger partial charge in [0.1, 0.15) is 0 Å². The molecule has 1 fully saturated rings. The van der Waals surface area contributed by atoms with Gasteiger partial charge in [-0.1, -0.05) is 42.4 Å². The molecule has 0 radical (unpaired) electrons. The largest absolute Gasteiger partial charge is 0.398 e. The van der Waals surface area contributed by atoms with Crippen molar-refractivity contribution in [3.63, 3.8) is 0 Å². The highest BCUT2D eigenvalue weighted by Crippen LogP contribution is 2.33. The van der Waals surface area contributed by atoms with E-state index in [1.165, 1.54) is 25.7 Å². The minimum absolute atomic E-state index is 0.412. The summed E-state index contributed by atoms with van der Waals surface area (Å²) in [5.41, 5.74) is 7.26. The van der Waals surface area contributed by atoms with E-state index in [4.69, 9.17) is 21.9 Å². The average molecular weight is 292 g/mol. The van der Waals surface area contributed by atoms with E-state index in [2.05, 4.69) is 10.1 Å². The number of aromatic nitrogens is 2. The molecule has 0 spiro atoms. The Hall–Kier alpha value is -1.55. The molecule has 1 aliphatic carbocycles. The number of nitrogens with two attached hydrogens (primary N) is 1. The molecule has 3 rings (SSSR count). The van der Waals surface area contributed by atoms with Gasteiger partial charge in [-0.05, 0) is 31.0 Å². The van der Waals surface area contributed by atoms with Crippen LogP contribution in [-0.4, -0.2) is 10.1 Å². The monoisotopic (exact) mass is 291 g/mol. The van der Waals surface area contributed by atoms with E-state index in [1.54, 1.807) is 18.2 Å². The predicted octanol–water partition coefficient (Wildman–Crippen LogP) is 4.41. The topological polar surface area (TPSA) is 64.9 Å². The van der Waals surface area contributed by atoms with E-state index in [1.807, 2.05) is 0 Å². The van der Waals surface area contributed by atoms with Crippen LogP contribution < -0.4 is 5.73 Å². The van der Waals surface area contributed by atoms with Gasteiger partial charge in [0.05, 0.1) is 5.56 Å². The number of nitrogen functional groups attached to an aromatic ring is 1. The molecule has 0 atom stereocenters. The summed E-state index contributed by atoms with van der Waals surface area (Å²) in [4.78, 5) is 4.53. The molecule has 1 heterocycles. The number of anilines is 1. The first kappa shape index (κ1) is 13.4. The summed E-state index contributed by atoms with van der Waals surface area (Å²) in [6, 6.07) is 5.28. The van der Waals surface area contributed by atoms with E-state index in [0.29, 0.717) is 28.1 Å². The minimum Gasteiger partial charge on any atom is -0.398 e. The van der Waals surface area contributed by atoms with Crippen molar-refractivity contribution in [2.24, 2.45) is 0 Å². The van der Waals surface area contributed by atoms with E-state index >= 15 is 0 Å². The highest BCUT2D eigenvalue weighted by atomic mass is 35.5. The molecule has 0 saturated heterocycles. The molecule has 1 aromatic heterocycles. The molecule has 0 aliphatic heterocycles. The lowest BCUT2D eigenvalue weighted by atomic mass is 10.00. The Balaban J connectivity index is 1.87. The molecule has 4 nitrogen and oxygen atoms in total. The number of hydrogen-bond donors (Lipinski definition) is 1. The van der Waals surface area contributed by atoms with Crippen LogP contribution >= 0.6 is 11.6 Å². The van der Waals surface area contributed by atoms with Gasteiger partial charge in [-0.3, -0.25) is 0 Å². The average Bonchev–Trinajstić information content (AvgIpc) is 2.77. The lowest BCUT2D eigenvalue weighted by Gasteiger charge is -2.07. The van der Waals surface area contributed by atoms with Crippen molar-refractivity contribution in [3.8, 4) is 11.5 Å². The van der Waals surface area contributed by atoms with Crippen molar-refractivity contribution >= 4 is 17.3 Å². The van der Waals surface area contributed by atoms with E-state index in [-0.39, 0.29) is 0 Å². The third-order valence-electron chi connectivity index (χ3n) is 3.91. The molecular formula is C15H18ClN3O. The second kappa shape index (κ2) is 5.83. The first-order valence-corrected chi connectivity index (χ1v) is 7.51. The molecular weight excluding hydrogens is 274 g/mol. The van der Waals surface area contributed by atoms with E-state index in [9.17, 15) is 0 Å². The summed E-state index contributed by atoms with van der Waals surface area (Å²) in [5, 5.41) is 4.76. The normalized spacial score (nSPS) is 17.1. The summed E-state index contributed by atoms with van der Waals surface area (Å²) < 4.78 is 5.38. The molecule has 0 amide bonds. The van der Waals surface area contributed by atoms with Gasteiger partial charge in [0, 0.05) is 16.6 Å². The van der Waals surface area contributed by atoms with Crippen LogP contribution in [0.25, 0.3) is 11.5 Å². The van der Waals surface area contributed by atoms with Crippen molar-refractivity contribution in [1.29, 1.82) is 0 Å². The van der Waals surface area contributed by atoms with Gasteiger partial charge in [0.2, 0.25) is 0 Å². The number of hydrogen-bond acceptors (Lipinski definition) is 4. The van der Waals surface area contributed by atoms with Crippen LogP contribution in [0.15, 0.2) is 22.7 Å². The summed E-state index contributed by atoms with van der Waals surface area (Å²) >= 11 is 6.00. The van der Waals surface area contributed by atoms with Gasteiger partial charge in [-0.25, -0.2) is 0 Å². The van der Waals surface area contributed by atoms with Crippen LogP contribution in [-0.2, 0) is 0 Å². The zero-order valence-electron chi connectivity index (χ0n) is 11.3. The van der Waals surface area contributed by atoms with Crippen LogP contribution in [0.3, 0.4) is 0 Å². The Bertz CT molecular complexity index is 589. The van der Waals surface area contributed by atoms with Gasteiger partial charge in [-0.2, -0.15) is 4.98 Å². The highest BCUT2D eigenvalue weighted by molar-refractivity contribution is 6.31. The van der Waals surface area contributed by atoms with Crippen LogP contribution in [0, 0.1) is 0 Å². The van der Waals surface area contributed by atoms with Crippen molar-refractivity contribution in [1.82, 2.24) is 10.1 Å². The third kappa shape index (κ3) is 2.80. The predicted molar refractivity (Wildman–Crippen MR) is 79.6 cm³/mol. The van der Waals surface area contributed by atoms with Crippen LogP contribution in [0.2, 0.25) is 5.02 Å². The molecule has 2 N–H and O–H groups in total. The van der Waals surface area contributed by atoms with Gasteiger partial charge >= 0.3 is 0 Å². The number of benzene rings is 1. The molecule has 0 unspecified atom stereocenters. The zero-order valence-corrected chi connectivity index (χ0v) is 12.1. The fourth-order valence-corrected chi connectivity index (χ4v) is 2.93. The SMILES string of the molecule is Nc1ccc(Cl)cc1-c1nc(C2CCCCCC2)no1. The summed E-state index contributed by atoms with van der Waals surface area (Å²) in [7, 11) is 0. The Labute approximate surface area is 123 Å². The fourth-order valence-electron chi connectivity index (χ4n) is 2.76. The van der Waals surface area contributed by atoms with Crippen LogP contribution in [0.1, 0.15) is 50.3 Å². The van der Waals surface area contributed by atoms with Crippen LogP contribution in [0.5, 0.6) is 0 Å². The number of nitrogens with zero attached hydrogens (tertiary/aromatic N) is 2. The second-order valence-electron chi connectivity index (χ2n) is 5.38. The first-order valence-electron chi connectivity index (χ1n) is 7.13. The van der Waals surface area contributed by atoms with Gasteiger partial charge in [0.15, 0.2) is 5.82 Å². The van der Waals surface area contributed by atoms with E-state index in [0.717, 1.165) is 18.7 Å². The Kier molecular flexibility index (Phi) is 3.92. The van der Waals surface area contributed by atoms with Gasteiger partial charge in [-0.15, -0.1) is 0 Å². The van der Waals surface area contributed by atoms with Crippen LogP contribution in [0.4, 0.5) is 5.69 Å². The van der Waals surface area contributed by atoms with Crippen molar-refractivity contribution in [2.45, 2.75) is 44.4 Å². The summed E-state index contributed by atoms with van der Waals surface area (Å²) in [6.07, 6.45) is 7.39. The first-order chi connectivity index (χ1) is 9.74. The molecule has 0 bridgehead atoms. The fraction of sp³-hybridized carbons (Fsp3) is 0.467. The van der Waals surface area contributed by atoms with E-state index < -0.39 is 0 Å². The molecule has 1 aliphatic rings. The molecule has 1 aromatic carbocycles. The standard InChI is InChI=1S/C15H18ClN3O/c16-11-7-8-13(17)12(9-11)15-18-14(19-20-15)10-5-3-1-2-4-6-10/h7-10H,1-6,17H2. The zero-order chi connectivity index (χ0) is 13.9. The lowest BCUT2D eigenvalue weighted by Crippen LogP contribution is -1.99. The van der Waals surface area contributed by atoms with Crippen molar-refractivity contribution < 1.29 is 4.52 Å². The summed E-state index contributed by atoms with van der Waals surface area (Å²) in [6.45, 7) is 0. The third-order valence-corrected chi connectivity index (χ3v) is 4.14. The smallest absolute Gasteiger partial charge is 0.260 e.